The molecule has 0 fully saturated rings. The standard InChI is InChI=1S/C11H16ClNO/c1-2-3-4-8-14-11-7-5-6-10(9-12)13-11/h5-7H,2-4,8-9H2,1H3. The quantitative estimate of drug-likeness (QED) is 0.534. The number of hydrogen-bond acceptors (Lipinski definition) is 2. The Hall–Kier alpha value is -0.760. The number of alkyl halides is 1. The minimum Gasteiger partial charge on any atom is -0.478 e. The molecule has 0 unspecified atom stereocenters. The van der Waals surface area contributed by atoms with Gasteiger partial charge in [-0.3, -0.25) is 0 Å². The largest absolute Gasteiger partial charge is 0.478 e. The lowest BCUT2D eigenvalue weighted by atomic mass is 10.3. The molecule has 0 N–H and O–H groups in total. The van der Waals surface area contributed by atoms with Gasteiger partial charge in [-0.15, -0.1) is 11.6 Å². The Morgan fingerprint density at radius 3 is 2.93 bits per heavy atom. The molecule has 78 valence electrons. The van der Waals surface area contributed by atoms with Crippen molar-refractivity contribution in [1.82, 2.24) is 4.98 Å². The van der Waals surface area contributed by atoms with Crippen LogP contribution in [0.15, 0.2) is 18.2 Å². The van der Waals surface area contributed by atoms with Gasteiger partial charge < -0.3 is 4.74 Å². The number of pyridine rings is 1. The minimum atomic E-state index is 0.437. The van der Waals surface area contributed by atoms with Crippen LogP contribution in [0, 0.1) is 0 Å². The van der Waals surface area contributed by atoms with Crippen LogP contribution in [-0.4, -0.2) is 11.6 Å². The normalized spacial score (nSPS) is 10.1. The highest BCUT2D eigenvalue weighted by Crippen LogP contribution is 2.09. The van der Waals surface area contributed by atoms with Crippen LogP contribution < -0.4 is 4.74 Å². The first-order valence-corrected chi connectivity index (χ1v) is 5.55. The van der Waals surface area contributed by atoms with Crippen molar-refractivity contribution >= 4 is 11.6 Å². The van der Waals surface area contributed by atoms with E-state index in [0.29, 0.717) is 11.8 Å². The van der Waals surface area contributed by atoms with Crippen LogP contribution in [0.5, 0.6) is 5.88 Å². The fraction of sp³-hybridized carbons (Fsp3) is 0.545. The molecule has 1 rings (SSSR count). The minimum absolute atomic E-state index is 0.437. The second-order valence-corrected chi connectivity index (χ2v) is 3.42. The molecular weight excluding hydrogens is 198 g/mol. The first-order valence-electron chi connectivity index (χ1n) is 5.01. The van der Waals surface area contributed by atoms with Crippen LogP contribution in [0.4, 0.5) is 0 Å². The van der Waals surface area contributed by atoms with E-state index in [9.17, 15) is 0 Å². The fourth-order valence-electron chi connectivity index (χ4n) is 1.14. The number of unbranched alkanes of at least 4 members (excludes halogenated alkanes) is 2. The summed E-state index contributed by atoms with van der Waals surface area (Å²) in [5.74, 6) is 1.12. The summed E-state index contributed by atoms with van der Waals surface area (Å²) in [5, 5.41) is 0. The van der Waals surface area contributed by atoms with E-state index in [0.717, 1.165) is 18.7 Å². The smallest absolute Gasteiger partial charge is 0.213 e. The van der Waals surface area contributed by atoms with Gasteiger partial charge in [-0.25, -0.2) is 4.98 Å². The number of ether oxygens (including phenoxy) is 1. The summed E-state index contributed by atoms with van der Waals surface area (Å²) in [5.41, 5.74) is 0.861. The van der Waals surface area contributed by atoms with Crippen molar-refractivity contribution in [1.29, 1.82) is 0 Å². The van der Waals surface area contributed by atoms with Gasteiger partial charge >= 0.3 is 0 Å². The maximum atomic E-state index is 5.66. The zero-order valence-corrected chi connectivity index (χ0v) is 9.26. The van der Waals surface area contributed by atoms with E-state index in [1.165, 1.54) is 12.8 Å². The zero-order chi connectivity index (χ0) is 10.2. The molecule has 14 heavy (non-hydrogen) atoms. The second-order valence-electron chi connectivity index (χ2n) is 3.16. The Labute approximate surface area is 90.3 Å². The number of halogens is 1. The molecule has 0 saturated heterocycles. The molecule has 0 bridgehead atoms. The SMILES string of the molecule is CCCCCOc1cccc(CCl)n1. The van der Waals surface area contributed by atoms with Gasteiger partial charge in [0.2, 0.25) is 5.88 Å². The third-order valence-electron chi connectivity index (χ3n) is 1.92. The molecule has 0 amide bonds. The Morgan fingerprint density at radius 2 is 2.21 bits per heavy atom. The summed E-state index contributed by atoms with van der Waals surface area (Å²) in [4.78, 5) is 4.23. The molecule has 1 aromatic rings. The molecule has 0 aliphatic rings. The Balaban J connectivity index is 2.34. The molecule has 0 aromatic carbocycles. The molecule has 1 aromatic heterocycles. The Morgan fingerprint density at radius 1 is 1.36 bits per heavy atom. The van der Waals surface area contributed by atoms with Gasteiger partial charge in [0.05, 0.1) is 18.2 Å². The van der Waals surface area contributed by atoms with Gasteiger partial charge in [0.25, 0.3) is 0 Å². The highest BCUT2D eigenvalue weighted by molar-refractivity contribution is 6.16. The van der Waals surface area contributed by atoms with Crippen LogP contribution in [0.2, 0.25) is 0 Å². The number of nitrogens with zero attached hydrogens (tertiary/aromatic N) is 1. The van der Waals surface area contributed by atoms with Crippen molar-refractivity contribution in [3.05, 3.63) is 23.9 Å². The van der Waals surface area contributed by atoms with Crippen molar-refractivity contribution < 1.29 is 4.74 Å². The van der Waals surface area contributed by atoms with E-state index in [1.54, 1.807) is 0 Å². The Bertz CT molecular complexity index is 265. The molecule has 0 saturated carbocycles. The summed E-state index contributed by atoms with van der Waals surface area (Å²) in [6.45, 7) is 2.92. The number of aromatic nitrogens is 1. The third kappa shape index (κ3) is 3.97. The van der Waals surface area contributed by atoms with Crippen molar-refractivity contribution in [2.24, 2.45) is 0 Å². The van der Waals surface area contributed by atoms with Crippen molar-refractivity contribution in [2.45, 2.75) is 32.1 Å². The lowest BCUT2D eigenvalue weighted by Crippen LogP contribution is -1.99. The molecule has 0 radical (unpaired) electrons. The van der Waals surface area contributed by atoms with Crippen LogP contribution >= 0.6 is 11.6 Å². The van der Waals surface area contributed by atoms with E-state index in [-0.39, 0.29) is 0 Å². The van der Waals surface area contributed by atoms with E-state index >= 15 is 0 Å². The average Bonchev–Trinajstić information content (AvgIpc) is 2.25. The number of hydrogen-bond donors (Lipinski definition) is 0. The average molecular weight is 214 g/mol. The second kappa shape index (κ2) is 6.66. The predicted molar refractivity (Wildman–Crippen MR) is 58.8 cm³/mol. The highest BCUT2D eigenvalue weighted by atomic mass is 35.5. The molecule has 0 spiro atoms. The summed E-state index contributed by atoms with van der Waals surface area (Å²) in [6.07, 6.45) is 3.50. The predicted octanol–water partition coefficient (Wildman–Crippen LogP) is 3.39. The molecule has 0 aliphatic carbocycles. The van der Waals surface area contributed by atoms with Gasteiger partial charge in [-0.1, -0.05) is 25.8 Å². The summed E-state index contributed by atoms with van der Waals surface area (Å²) < 4.78 is 5.48. The first kappa shape index (κ1) is 11.3. The summed E-state index contributed by atoms with van der Waals surface area (Å²) >= 11 is 5.66. The van der Waals surface area contributed by atoms with E-state index in [2.05, 4.69) is 11.9 Å². The lowest BCUT2D eigenvalue weighted by molar-refractivity contribution is 0.294. The molecule has 1 heterocycles. The molecule has 2 nitrogen and oxygen atoms in total. The zero-order valence-electron chi connectivity index (χ0n) is 8.50. The Kier molecular flexibility index (Phi) is 5.38. The van der Waals surface area contributed by atoms with Gasteiger partial charge in [0.15, 0.2) is 0 Å². The maximum Gasteiger partial charge on any atom is 0.213 e. The fourth-order valence-corrected chi connectivity index (χ4v) is 1.29. The van der Waals surface area contributed by atoms with Gasteiger partial charge in [0.1, 0.15) is 0 Å². The van der Waals surface area contributed by atoms with Gasteiger partial charge in [0, 0.05) is 6.07 Å². The molecule has 0 aliphatic heterocycles. The summed E-state index contributed by atoms with van der Waals surface area (Å²) in [6, 6.07) is 5.67. The third-order valence-corrected chi connectivity index (χ3v) is 2.19. The van der Waals surface area contributed by atoms with E-state index in [1.807, 2.05) is 18.2 Å². The van der Waals surface area contributed by atoms with Crippen LogP contribution in [0.3, 0.4) is 0 Å². The highest BCUT2D eigenvalue weighted by Gasteiger charge is 1.96. The molecule has 3 heteroatoms. The molecule has 0 atom stereocenters. The van der Waals surface area contributed by atoms with Gasteiger partial charge in [-0.05, 0) is 12.5 Å². The van der Waals surface area contributed by atoms with Crippen LogP contribution in [0.1, 0.15) is 31.9 Å². The van der Waals surface area contributed by atoms with Gasteiger partial charge in [-0.2, -0.15) is 0 Å². The van der Waals surface area contributed by atoms with Crippen molar-refractivity contribution in [3.63, 3.8) is 0 Å². The maximum absolute atomic E-state index is 5.66. The van der Waals surface area contributed by atoms with Crippen LogP contribution in [-0.2, 0) is 5.88 Å². The summed E-state index contributed by atoms with van der Waals surface area (Å²) in [7, 11) is 0. The monoisotopic (exact) mass is 213 g/mol. The van der Waals surface area contributed by atoms with Crippen molar-refractivity contribution in [2.75, 3.05) is 6.61 Å². The number of rotatable bonds is 6. The van der Waals surface area contributed by atoms with E-state index in [4.69, 9.17) is 16.3 Å². The topological polar surface area (TPSA) is 22.1 Å². The van der Waals surface area contributed by atoms with E-state index < -0.39 is 0 Å². The molecular formula is C11H16ClNO. The van der Waals surface area contributed by atoms with Crippen molar-refractivity contribution in [3.8, 4) is 5.88 Å². The lowest BCUT2D eigenvalue weighted by Gasteiger charge is -2.05. The first-order chi connectivity index (χ1) is 6.86. The van der Waals surface area contributed by atoms with Crippen LogP contribution in [0.25, 0.3) is 0 Å².